The van der Waals surface area contributed by atoms with E-state index in [2.05, 4.69) is 20.7 Å². The number of ether oxygens (including phenoxy) is 1. The zero-order chi connectivity index (χ0) is 13.3. The fourth-order valence-electron chi connectivity index (χ4n) is 2.20. The van der Waals surface area contributed by atoms with Crippen LogP contribution in [-0.4, -0.2) is 35.7 Å². The lowest BCUT2D eigenvalue weighted by Crippen LogP contribution is -2.43. The summed E-state index contributed by atoms with van der Waals surface area (Å²) in [4.78, 5) is 24.2. The maximum Gasteiger partial charge on any atom is 0.410 e. The van der Waals surface area contributed by atoms with Crippen LogP contribution in [0.3, 0.4) is 0 Å². The quantitative estimate of drug-likeness (QED) is 0.863. The van der Waals surface area contributed by atoms with Gasteiger partial charge in [0.15, 0.2) is 6.04 Å². The van der Waals surface area contributed by atoms with Gasteiger partial charge in [0.1, 0.15) is 0 Å². The molecule has 0 spiro atoms. The fourth-order valence-corrected chi connectivity index (χ4v) is 2.78. The molecule has 1 aromatic rings. The highest BCUT2D eigenvalue weighted by Gasteiger charge is 2.37. The van der Waals surface area contributed by atoms with Crippen LogP contribution in [0.2, 0.25) is 0 Å². The van der Waals surface area contributed by atoms with Gasteiger partial charge in [0, 0.05) is 11.0 Å². The highest BCUT2D eigenvalue weighted by Crippen LogP contribution is 2.34. The second-order valence-corrected chi connectivity index (χ2v) is 4.82. The number of methoxy groups -OCH3 is 1. The van der Waals surface area contributed by atoms with E-state index in [4.69, 9.17) is 0 Å². The van der Waals surface area contributed by atoms with Crippen LogP contribution in [0.15, 0.2) is 22.7 Å². The summed E-state index contributed by atoms with van der Waals surface area (Å²) in [5, 5.41) is 9.33. The molecule has 1 aromatic carbocycles. The zero-order valence-electron chi connectivity index (χ0n) is 9.72. The van der Waals surface area contributed by atoms with Crippen molar-refractivity contribution >= 4 is 28.0 Å². The Kier molecular flexibility index (Phi) is 3.56. The lowest BCUT2D eigenvalue weighted by Gasteiger charge is -2.33. The number of hydrogen-bond donors (Lipinski definition) is 1. The lowest BCUT2D eigenvalue weighted by molar-refractivity contribution is -0.143. The first kappa shape index (κ1) is 12.9. The Morgan fingerprint density at radius 3 is 2.83 bits per heavy atom. The van der Waals surface area contributed by atoms with Crippen molar-refractivity contribution in [1.82, 2.24) is 4.90 Å². The molecule has 2 rings (SSSR count). The van der Waals surface area contributed by atoms with E-state index in [1.807, 2.05) is 6.07 Å². The van der Waals surface area contributed by atoms with Crippen LogP contribution in [0.1, 0.15) is 17.2 Å². The summed E-state index contributed by atoms with van der Waals surface area (Å²) in [6.07, 6.45) is -0.0108. The molecule has 0 saturated heterocycles. The van der Waals surface area contributed by atoms with Gasteiger partial charge in [-0.15, -0.1) is 0 Å². The van der Waals surface area contributed by atoms with Gasteiger partial charge in [-0.2, -0.15) is 0 Å². The first-order valence-corrected chi connectivity index (χ1v) is 6.20. The van der Waals surface area contributed by atoms with Gasteiger partial charge in [0.2, 0.25) is 0 Å². The van der Waals surface area contributed by atoms with Crippen molar-refractivity contribution in [2.45, 2.75) is 12.5 Å². The average Bonchev–Trinajstić information content (AvgIpc) is 2.36. The number of halogens is 1. The minimum atomic E-state index is -1.06. The molecule has 1 N–H and O–H groups in total. The summed E-state index contributed by atoms with van der Waals surface area (Å²) < 4.78 is 5.50. The summed E-state index contributed by atoms with van der Waals surface area (Å²) in [5.41, 5.74) is 1.57. The predicted molar refractivity (Wildman–Crippen MR) is 67.3 cm³/mol. The SMILES string of the molecule is COC(=O)N1CCc2c(Br)cccc2C1C(=O)O. The first-order chi connectivity index (χ1) is 8.56. The number of carboxylic acid groups (broad SMARTS) is 1. The van der Waals surface area contributed by atoms with Gasteiger partial charge in [-0.1, -0.05) is 28.1 Å². The molecule has 5 nitrogen and oxygen atoms in total. The average molecular weight is 314 g/mol. The summed E-state index contributed by atoms with van der Waals surface area (Å²) in [7, 11) is 1.25. The number of nitrogens with zero attached hydrogens (tertiary/aromatic N) is 1. The molecule has 1 atom stereocenters. The van der Waals surface area contributed by atoms with Gasteiger partial charge >= 0.3 is 12.1 Å². The Morgan fingerprint density at radius 1 is 1.50 bits per heavy atom. The molecule has 0 saturated carbocycles. The van der Waals surface area contributed by atoms with E-state index in [1.165, 1.54) is 12.0 Å². The molecule has 18 heavy (non-hydrogen) atoms. The molecule has 1 heterocycles. The topological polar surface area (TPSA) is 66.8 Å². The maximum atomic E-state index is 11.6. The lowest BCUT2D eigenvalue weighted by atomic mass is 9.93. The van der Waals surface area contributed by atoms with Crippen LogP contribution in [0, 0.1) is 0 Å². The molecule has 0 aliphatic carbocycles. The number of amides is 1. The standard InChI is InChI=1S/C12H12BrNO4/c1-18-12(17)14-6-5-7-8(10(14)11(15)16)3-2-4-9(7)13/h2-4,10H,5-6H2,1H3,(H,15,16). The molecule has 1 unspecified atom stereocenters. The van der Waals surface area contributed by atoms with Gasteiger partial charge in [-0.25, -0.2) is 9.59 Å². The second kappa shape index (κ2) is 4.97. The smallest absolute Gasteiger partial charge is 0.410 e. The molecule has 0 bridgehead atoms. The van der Waals surface area contributed by atoms with Gasteiger partial charge in [-0.3, -0.25) is 4.90 Å². The number of carboxylic acids is 1. The number of carbonyl (C=O) groups is 2. The van der Waals surface area contributed by atoms with Crippen molar-refractivity contribution in [3.63, 3.8) is 0 Å². The summed E-state index contributed by atoms with van der Waals surface area (Å²) in [6, 6.07) is 4.37. The van der Waals surface area contributed by atoms with E-state index in [9.17, 15) is 14.7 Å². The predicted octanol–water partition coefficient (Wildman–Crippen LogP) is 2.20. The van der Waals surface area contributed by atoms with E-state index in [0.717, 1.165) is 10.0 Å². The van der Waals surface area contributed by atoms with Crippen LogP contribution in [-0.2, 0) is 16.0 Å². The number of aliphatic carboxylic acids is 1. The Balaban J connectivity index is 2.49. The Hall–Kier alpha value is -1.56. The van der Waals surface area contributed by atoms with Crippen LogP contribution in [0.4, 0.5) is 4.79 Å². The molecule has 1 amide bonds. The van der Waals surface area contributed by atoms with E-state index < -0.39 is 18.1 Å². The van der Waals surface area contributed by atoms with E-state index in [0.29, 0.717) is 18.5 Å². The molecule has 1 aliphatic heterocycles. The third kappa shape index (κ3) is 2.08. The molecule has 0 aromatic heterocycles. The van der Waals surface area contributed by atoms with Crippen LogP contribution in [0.25, 0.3) is 0 Å². The van der Waals surface area contributed by atoms with Crippen LogP contribution < -0.4 is 0 Å². The summed E-state index contributed by atoms with van der Waals surface area (Å²) in [6.45, 7) is 0.333. The molecule has 1 aliphatic rings. The molecule has 0 fully saturated rings. The molecular formula is C12H12BrNO4. The largest absolute Gasteiger partial charge is 0.479 e. The Bertz CT molecular complexity index is 503. The number of benzene rings is 1. The fraction of sp³-hybridized carbons (Fsp3) is 0.333. The maximum absolute atomic E-state index is 11.6. The number of carbonyl (C=O) groups excluding carboxylic acids is 1. The Morgan fingerprint density at radius 2 is 2.22 bits per heavy atom. The van der Waals surface area contributed by atoms with Gasteiger partial charge < -0.3 is 9.84 Å². The summed E-state index contributed by atoms with van der Waals surface area (Å²) in [5.74, 6) is -1.06. The van der Waals surface area contributed by atoms with Crippen molar-refractivity contribution in [2.24, 2.45) is 0 Å². The molecule has 96 valence electrons. The van der Waals surface area contributed by atoms with Gasteiger partial charge in [-0.05, 0) is 23.6 Å². The van der Waals surface area contributed by atoms with Crippen molar-refractivity contribution < 1.29 is 19.4 Å². The zero-order valence-corrected chi connectivity index (χ0v) is 11.3. The van der Waals surface area contributed by atoms with Gasteiger partial charge in [0.05, 0.1) is 7.11 Å². The molecular weight excluding hydrogens is 302 g/mol. The van der Waals surface area contributed by atoms with Crippen LogP contribution in [0.5, 0.6) is 0 Å². The van der Waals surface area contributed by atoms with Gasteiger partial charge in [0.25, 0.3) is 0 Å². The number of fused-ring (bicyclic) bond motifs is 1. The van der Waals surface area contributed by atoms with E-state index in [1.54, 1.807) is 12.1 Å². The monoisotopic (exact) mass is 313 g/mol. The highest BCUT2D eigenvalue weighted by atomic mass is 79.9. The van der Waals surface area contributed by atoms with Crippen molar-refractivity contribution in [2.75, 3.05) is 13.7 Å². The summed E-state index contributed by atoms with van der Waals surface area (Å²) >= 11 is 3.41. The Labute approximate surface area is 112 Å². The third-order valence-corrected chi connectivity index (χ3v) is 3.75. The minimum absolute atomic E-state index is 0.333. The molecule has 0 radical (unpaired) electrons. The number of rotatable bonds is 1. The van der Waals surface area contributed by atoms with E-state index >= 15 is 0 Å². The highest BCUT2D eigenvalue weighted by molar-refractivity contribution is 9.10. The minimum Gasteiger partial charge on any atom is -0.479 e. The van der Waals surface area contributed by atoms with E-state index in [-0.39, 0.29) is 0 Å². The third-order valence-electron chi connectivity index (χ3n) is 3.01. The van der Waals surface area contributed by atoms with Crippen molar-refractivity contribution in [1.29, 1.82) is 0 Å². The van der Waals surface area contributed by atoms with Crippen molar-refractivity contribution in [3.8, 4) is 0 Å². The number of hydrogen-bond acceptors (Lipinski definition) is 3. The molecule has 6 heteroatoms. The second-order valence-electron chi connectivity index (χ2n) is 3.96. The van der Waals surface area contributed by atoms with Crippen molar-refractivity contribution in [3.05, 3.63) is 33.8 Å². The van der Waals surface area contributed by atoms with Crippen LogP contribution >= 0.6 is 15.9 Å². The first-order valence-electron chi connectivity index (χ1n) is 5.41. The normalized spacial score (nSPS) is 18.1.